The number of nitrogens with zero attached hydrogens (tertiary/aromatic N) is 3. The van der Waals surface area contributed by atoms with Crippen molar-refractivity contribution in [3.05, 3.63) is 24.2 Å². The molecule has 0 amide bonds. The number of rotatable bonds is 2. The number of aromatic nitrogens is 3. The van der Waals surface area contributed by atoms with Crippen LogP contribution in [-0.2, 0) is 12.5 Å². The number of fused-ring (bicyclic) bond motifs is 1. The lowest BCUT2D eigenvalue weighted by molar-refractivity contribution is 0.277. The van der Waals surface area contributed by atoms with Crippen LogP contribution in [0, 0.1) is 0 Å². The summed E-state index contributed by atoms with van der Waals surface area (Å²) in [4.78, 5) is 9.30. The van der Waals surface area contributed by atoms with E-state index in [9.17, 15) is 0 Å². The van der Waals surface area contributed by atoms with Gasteiger partial charge in [0.15, 0.2) is 5.65 Å². The first-order valence-electron chi connectivity index (χ1n) is 6.75. The van der Waals surface area contributed by atoms with E-state index >= 15 is 0 Å². The fourth-order valence-electron chi connectivity index (χ4n) is 3.14. The minimum absolute atomic E-state index is 0.223. The highest BCUT2D eigenvalue weighted by molar-refractivity contribution is 5.71. The molecular weight excluding hydrogens is 224 g/mol. The summed E-state index contributed by atoms with van der Waals surface area (Å²) >= 11 is 0. The largest absolute Gasteiger partial charge is 0.317 e. The minimum atomic E-state index is 0.223. The van der Waals surface area contributed by atoms with E-state index in [1.807, 2.05) is 12.3 Å². The van der Waals surface area contributed by atoms with Gasteiger partial charge in [-0.1, -0.05) is 6.92 Å². The maximum absolute atomic E-state index is 4.85. The highest BCUT2D eigenvalue weighted by atomic mass is 15.1. The highest BCUT2D eigenvalue weighted by Gasteiger charge is 2.36. The molecule has 0 aliphatic carbocycles. The van der Waals surface area contributed by atoms with E-state index in [-0.39, 0.29) is 5.41 Å². The first kappa shape index (κ1) is 11.7. The van der Waals surface area contributed by atoms with Gasteiger partial charge in [-0.3, -0.25) is 0 Å². The van der Waals surface area contributed by atoms with Gasteiger partial charge >= 0.3 is 0 Å². The van der Waals surface area contributed by atoms with Gasteiger partial charge in [-0.2, -0.15) is 0 Å². The van der Waals surface area contributed by atoms with Crippen LogP contribution < -0.4 is 5.32 Å². The van der Waals surface area contributed by atoms with Crippen molar-refractivity contribution in [3.63, 3.8) is 0 Å². The lowest BCUT2D eigenvalue weighted by Gasteiger charge is -2.36. The Labute approximate surface area is 107 Å². The normalized spacial score (nSPS) is 19.2. The number of imidazole rings is 1. The van der Waals surface area contributed by atoms with Gasteiger partial charge in [0.1, 0.15) is 11.3 Å². The lowest BCUT2D eigenvalue weighted by atomic mass is 9.76. The van der Waals surface area contributed by atoms with Gasteiger partial charge in [-0.05, 0) is 44.5 Å². The van der Waals surface area contributed by atoms with E-state index < -0.39 is 0 Å². The summed E-state index contributed by atoms with van der Waals surface area (Å²) in [6.45, 7) is 4.45. The second-order valence-corrected chi connectivity index (χ2v) is 5.22. The quantitative estimate of drug-likeness (QED) is 0.878. The summed E-state index contributed by atoms with van der Waals surface area (Å²) in [5.41, 5.74) is 2.24. The molecule has 0 bridgehead atoms. The van der Waals surface area contributed by atoms with Gasteiger partial charge in [0.05, 0.1) is 0 Å². The van der Waals surface area contributed by atoms with Gasteiger partial charge in [0, 0.05) is 18.7 Å². The molecule has 3 rings (SSSR count). The monoisotopic (exact) mass is 244 g/mol. The standard InChI is InChI=1S/C14H20N4/c1-3-14(6-9-15-10-7-14)13-17-11-5-4-8-16-12(11)18(13)2/h4-5,8,15H,3,6-7,9-10H2,1-2H3. The SMILES string of the molecule is CCC1(c2nc3cccnc3n2C)CCNCC1. The summed E-state index contributed by atoms with van der Waals surface area (Å²) in [7, 11) is 2.09. The zero-order valence-corrected chi connectivity index (χ0v) is 11.1. The van der Waals surface area contributed by atoms with Crippen LogP contribution in [0.2, 0.25) is 0 Å². The molecule has 4 heteroatoms. The molecule has 0 radical (unpaired) electrons. The molecule has 96 valence electrons. The topological polar surface area (TPSA) is 42.7 Å². The molecule has 1 saturated heterocycles. The van der Waals surface area contributed by atoms with E-state index in [2.05, 4.69) is 34.9 Å². The number of pyridine rings is 1. The van der Waals surface area contributed by atoms with E-state index in [4.69, 9.17) is 4.98 Å². The van der Waals surface area contributed by atoms with Crippen LogP contribution in [0.3, 0.4) is 0 Å². The lowest BCUT2D eigenvalue weighted by Crippen LogP contribution is -2.41. The van der Waals surface area contributed by atoms with Crippen molar-refractivity contribution < 1.29 is 0 Å². The van der Waals surface area contributed by atoms with Crippen LogP contribution in [0.25, 0.3) is 11.2 Å². The average molecular weight is 244 g/mol. The molecule has 18 heavy (non-hydrogen) atoms. The Morgan fingerprint density at radius 2 is 2.17 bits per heavy atom. The van der Waals surface area contributed by atoms with Crippen LogP contribution in [0.4, 0.5) is 0 Å². The van der Waals surface area contributed by atoms with Crippen LogP contribution in [0.15, 0.2) is 18.3 Å². The highest BCUT2D eigenvalue weighted by Crippen LogP contribution is 2.36. The number of aryl methyl sites for hydroxylation is 1. The molecule has 0 saturated carbocycles. The molecule has 3 heterocycles. The predicted molar refractivity (Wildman–Crippen MR) is 72.6 cm³/mol. The summed E-state index contributed by atoms with van der Waals surface area (Å²) in [5.74, 6) is 1.21. The van der Waals surface area contributed by atoms with Gasteiger partial charge in [0.2, 0.25) is 0 Å². The Morgan fingerprint density at radius 3 is 2.83 bits per heavy atom. The van der Waals surface area contributed by atoms with Crippen molar-refractivity contribution in [2.45, 2.75) is 31.6 Å². The molecule has 4 nitrogen and oxygen atoms in total. The molecule has 0 spiro atoms. The van der Waals surface area contributed by atoms with Gasteiger partial charge < -0.3 is 9.88 Å². The summed E-state index contributed by atoms with van der Waals surface area (Å²) in [6, 6.07) is 4.01. The Morgan fingerprint density at radius 1 is 1.39 bits per heavy atom. The molecule has 2 aromatic heterocycles. The minimum Gasteiger partial charge on any atom is -0.317 e. The van der Waals surface area contributed by atoms with Crippen LogP contribution in [-0.4, -0.2) is 27.6 Å². The Bertz CT molecular complexity index is 552. The first-order chi connectivity index (χ1) is 8.77. The number of nitrogens with one attached hydrogen (secondary N) is 1. The molecule has 0 atom stereocenters. The molecule has 1 fully saturated rings. The van der Waals surface area contributed by atoms with Crippen molar-refractivity contribution in [1.82, 2.24) is 19.9 Å². The second-order valence-electron chi connectivity index (χ2n) is 5.22. The molecule has 1 N–H and O–H groups in total. The third kappa shape index (κ3) is 1.63. The van der Waals surface area contributed by atoms with E-state index in [1.54, 1.807) is 0 Å². The van der Waals surface area contributed by atoms with Crippen LogP contribution >= 0.6 is 0 Å². The van der Waals surface area contributed by atoms with Crippen LogP contribution in [0.5, 0.6) is 0 Å². The number of piperidine rings is 1. The average Bonchev–Trinajstić information content (AvgIpc) is 2.78. The third-order valence-electron chi connectivity index (χ3n) is 4.34. The van der Waals surface area contributed by atoms with E-state index in [0.29, 0.717) is 0 Å². The fraction of sp³-hybridized carbons (Fsp3) is 0.571. The Kier molecular flexibility index (Phi) is 2.82. The molecular formula is C14H20N4. The number of hydrogen-bond donors (Lipinski definition) is 1. The van der Waals surface area contributed by atoms with Crippen molar-refractivity contribution in [2.24, 2.45) is 7.05 Å². The summed E-state index contributed by atoms with van der Waals surface area (Å²) in [6.07, 6.45) is 5.32. The van der Waals surface area contributed by atoms with Crippen molar-refractivity contribution in [2.75, 3.05) is 13.1 Å². The maximum atomic E-state index is 4.85. The summed E-state index contributed by atoms with van der Waals surface area (Å²) < 4.78 is 2.18. The van der Waals surface area contributed by atoms with E-state index in [0.717, 1.165) is 30.7 Å². The van der Waals surface area contributed by atoms with Crippen molar-refractivity contribution in [3.8, 4) is 0 Å². The smallest absolute Gasteiger partial charge is 0.159 e. The van der Waals surface area contributed by atoms with Crippen molar-refractivity contribution >= 4 is 11.2 Å². The first-order valence-corrected chi connectivity index (χ1v) is 6.75. The second kappa shape index (κ2) is 4.35. The van der Waals surface area contributed by atoms with E-state index in [1.165, 1.54) is 18.7 Å². The molecule has 1 aliphatic heterocycles. The zero-order valence-electron chi connectivity index (χ0n) is 11.1. The number of hydrogen-bond acceptors (Lipinski definition) is 3. The third-order valence-corrected chi connectivity index (χ3v) is 4.34. The van der Waals surface area contributed by atoms with Gasteiger partial charge in [0.25, 0.3) is 0 Å². The Hall–Kier alpha value is -1.42. The zero-order chi connectivity index (χ0) is 12.6. The van der Waals surface area contributed by atoms with Crippen LogP contribution in [0.1, 0.15) is 32.0 Å². The van der Waals surface area contributed by atoms with Crippen molar-refractivity contribution in [1.29, 1.82) is 0 Å². The fourth-order valence-corrected chi connectivity index (χ4v) is 3.14. The Balaban J connectivity index is 2.14. The van der Waals surface area contributed by atoms with Gasteiger partial charge in [-0.15, -0.1) is 0 Å². The maximum Gasteiger partial charge on any atom is 0.159 e. The molecule has 0 unspecified atom stereocenters. The molecule has 2 aromatic rings. The summed E-state index contributed by atoms with van der Waals surface area (Å²) in [5, 5.41) is 3.44. The molecule has 0 aromatic carbocycles. The molecule has 1 aliphatic rings. The van der Waals surface area contributed by atoms with Gasteiger partial charge in [-0.25, -0.2) is 9.97 Å². The predicted octanol–water partition coefficient (Wildman–Crippen LogP) is 2.00.